The van der Waals surface area contributed by atoms with Crippen LogP contribution >= 0.6 is 15.9 Å². The van der Waals surface area contributed by atoms with E-state index in [1.54, 1.807) is 0 Å². The third kappa shape index (κ3) is 1.76. The first-order chi connectivity index (χ1) is 7.54. The van der Waals surface area contributed by atoms with Crippen LogP contribution in [-0.2, 0) is 4.79 Å². The summed E-state index contributed by atoms with van der Waals surface area (Å²) in [5.41, 5.74) is 9.03. The summed E-state index contributed by atoms with van der Waals surface area (Å²) in [6, 6.07) is 3.95. The molecular formula is C12H15BrN2O. The topological polar surface area (TPSA) is 55.1 Å². The van der Waals surface area contributed by atoms with E-state index in [0.717, 1.165) is 27.7 Å². The van der Waals surface area contributed by atoms with Gasteiger partial charge < -0.3 is 11.1 Å². The molecule has 0 aromatic heterocycles. The van der Waals surface area contributed by atoms with Crippen LogP contribution in [0.1, 0.15) is 43.4 Å². The lowest BCUT2D eigenvalue weighted by molar-refractivity contribution is -0.116. The number of fused-ring (bicyclic) bond motifs is 1. The summed E-state index contributed by atoms with van der Waals surface area (Å²) >= 11 is 3.47. The normalized spacial score (nSPS) is 20.5. The first kappa shape index (κ1) is 11.6. The summed E-state index contributed by atoms with van der Waals surface area (Å²) in [6.45, 7) is 3.95. The fraction of sp³-hybridized carbons (Fsp3) is 0.417. The van der Waals surface area contributed by atoms with E-state index >= 15 is 0 Å². The molecule has 2 atom stereocenters. The fourth-order valence-corrected chi connectivity index (χ4v) is 2.51. The molecule has 2 unspecified atom stereocenters. The molecule has 4 heteroatoms. The molecule has 0 radical (unpaired) electrons. The van der Waals surface area contributed by atoms with Crippen molar-refractivity contribution in [2.75, 3.05) is 5.32 Å². The molecule has 0 spiro atoms. The van der Waals surface area contributed by atoms with E-state index in [4.69, 9.17) is 5.73 Å². The molecule has 3 N–H and O–H groups in total. The smallest absolute Gasteiger partial charge is 0.231 e. The third-order valence-electron chi connectivity index (χ3n) is 3.11. The Morgan fingerprint density at radius 1 is 1.56 bits per heavy atom. The quantitative estimate of drug-likeness (QED) is 0.876. The number of carbonyl (C=O) groups excluding carboxylic acids is 1. The maximum Gasteiger partial charge on any atom is 0.231 e. The van der Waals surface area contributed by atoms with Gasteiger partial charge in [-0.15, -0.1) is 0 Å². The van der Waals surface area contributed by atoms with Crippen molar-refractivity contribution in [1.82, 2.24) is 0 Å². The number of anilines is 1. The van der Waals surface area contributed by atoms with Gasteiger partial charge in [-0.25, -0.2) is 0 Å². The molecule has 0 saturated heterocycles. The van der Waals surface area contributed by atoms with Crippen molar-refractivity contribution in [3.63, 3.8) is 0 Å². The van der Waals surface area contributed by atoms with E-state index in [2.05, 4.69) is 21.2 Å². The number of carbonyl (C=O) groups is 1. The lowest BCUT2D eigenvalue weighted by Gasteiger charge is -2.15. The summed E-state index contributed by atoms with van der Waals surface area (Å²) in [6.07, 6.45) is 0.854. The number of hydrogen-bond donors (Lipinski definition) is 2. The van der Waals surface area contributed by atoms with Crippen LogP contribution in [0, 0.1) is 0 Å². The van der Waals surface area contributed by atoms with Crippen LogP contribution in [-0.4, -0.2) is 5.91 Å². The summed E-state index contributed by atoms with van der Waals surface area (Å²) in [5.74, 6) is -0.0343. The van der Waals surface area contributed by atoms with Gasteiger partial charge in [-0.1, -0.05) is 22.9 Å². The predicted molar refractivity (Wildman–Crippen MR) is 68.4 cm³/mol. The van der Waals surface area contributed by atoms with Crippen molar-refractivity contribution in [2.45, 2.75) is 32.2 Å². The lowest BCUT2D eigenvalue weighted by Crippen LogP contribution is -2.12. The number of hydrogen-bond acceptors (Lipinski definition) is 2. The molecule has 1 aliphatic heterocycles. The molecule has 0 saturated carbocycles. The van der Waals surface area contributed by atoms with Crippen LogP contribution in [0.5, 0.6) is 0 Å². The van der Waals surface area contributed by atoms with Crippen LogP contribution in [0.2, 0.25) is 0 Å². The highest BCUT2D eigenvalue weighted by molar-refractivity contribution is 9.10. The average molecular weight is 283 g/mol. The summed E-state index contributed by atoms with van der Waals surface area (Å²) in [4.78, 5) is 11.6. The molecule has 86 valence electrons. The van der Waals surface area contributed by atoms with Gasteiger partial charge >= 0.3 is 0 Å². The SMILES string of the molecule is CCC(N)c1cc(Br)cc2c1NC(=O)C2C. The van der Waals surface area contributed by atoms with Gasteiger partial charge in [-0.3, -0.25) is 4.79 Å². The summed E-state index contributed by atoms with van der Waals surface area (Å²) < 4.78 is 0.980. The van der Waals surface area contributed by atoms with E-state index in [-0.39, 0.29) is 17.9 Å². The molecule has 16 heavy (non-hydrogen) atoms. The zero-order chi connectivity index (χ0) is 11.9. The van der Waals surface area contributed by atoms with Crippen molar-refractivity contribution in [3.05, 3.63) is 27.7 Å². The van der Waals surface area contributed by atoms with Crippen molar-refractivity contribution in [3.8, 4) is 0 Å². The maximum absolute atomic E-state index is 11.6. The number of amides is 1. The highest BCUT2D eigenvalue weighted by Gasteiger charge is 2.29. The molecule has 3 nitrogen and oxygen atoms in total. The summed E-state index contributed by atoms with van der Waals surface area (Å²) in [5, 5.41) is 2.92. The predicted octanol–water partition coefficient (Wildman–Crippen LogP) is 2.91. The lowest BCUT2D eigenvalue weighted by atomic mass is 9.96. The average Bonchev–Trinajstić information content (AvgIpc) is 2.54. The Morgan fingerprint density at radius 2 is 2.25 bits per heavy atom. The highest BCUT2D eigenvalue weighted by Crippen LogP contribution is 2.39. The molecule has 0 aliphatic carbocycles. The Balaban J connectivity index is 2.57. The Bertz CT molecular complexity index is 445. The highest BCUT2D eigenvalue weighted by atomic mass is 79.9. The molecule has 1 aromatic carbocycles. The standard InChI is InChI=1S/C12H15BrN2O/c1-3-10(14)9-5-7(13)4-8-6(2)12(16)15-11(8)9/h4-6,10H,3,14H2,1-2H3,(H,15,16). The minimum Gasteiger partial charge on any atom is -0.325 e. The van der Waals surface area contributed by atoms with E-state index in [0.29, 0.717) is 0 Å². The molecule has 0 bridgehead atoms. The number of halogens is 1. The monoisotopic (exact) mass is 282 g/mol. The van der Waals surface area contributed by atoms with Crippen molar-refractivity contribution in [2.24, 2.45) is 5.73 Å². The van der Waals surface area contributed by atoms with Gasteiger partial charge in [-0.2, -0.15) is 0 Å². The van der Waals surface area contributed by atoms with E-state index < -0.39 is 0 Å². The molecule has 1 aromatic rings. The number of nitrogens with one attached hydrogen (secondary N) is 1. The fourth-order valence-electron chi connectivity index (χ4n) is 2.02. The van der Waals surface area contributed by atoms with Crippen LogP contribution in [0.25, 0.3) is 0 Å². The van der Waals surface area contributed by atoms with Crippen LogP contribution in [0.15, 0.2) is 16.6 Å². The molecule has 1 aliphatic rings. The van der Waals surface area contributed by atoms with Crippen LogP contribution in [0.3, 0.4) is 0 Å². The van der Waals surface area contributed by atoms with Crippen LogP contribution in [0.4, 0.5) is 5.69 Å². The molecule has 1 amide bonds. The maximum atomic E-state index is 11.6. The Labute approximate surface area is 104 Å². The number of benzene rings is 1. The third-order valence-corrected chi connectivity index (χ3v) is 3.57. The Morgan fingerprint density at radius 3 is 2.88 bits per heavy atom. The van der Waals surface area contributed by atoms with E-state index in [1.807, 2.05) is 26.0 Å². The molecule has 1 heterocycles. The van der Waals surface area contributed by atoms with Gasteiger partial charge in [0.2, 0.25) is 5.91 Å². The van der Waals surface area contributed by atoms with Crippen molar-refractivity contribution in [1.29, 1.82) is 0 Å². The van der Waals surface area contributed by atoms with E-state index in [9.17, 15) is 4.79 Å². The van der Waals surface area contributed by atoms with Crippen molar-refractivity contribution >= 4 is 27.5 Å². The second-order valence-electron chi connectivity index (χ2n) is 4.18. The minimum atomic E-state index is -0.0877. The minimum absolute atomic E-state index is 0.0307. The van der Waals surface area contributed by atoms with Gasteiger partial charge in [0, 0.05) is 16.2 Å². The summed E-state index contributed by atoms with van der Waals surface area (Å²) in [7, 11) is 0. The molecule has 0 fully saturated rings. The van der Waals surface area contributed by atoms with Gasteiger partial charge in [0.05, 0.1) is 5.92 Å². The van der Waals surface area contributed by atoms with Gasteiger partial charge in [-0.05, 0) is 36.6 Å². The van der Waals surface area contributed by atoms with Gasteiger partial charge in [0.1, 0.15) is 0 Å². The van der Waals surface area contributed by atoms with Crippen molar-refractivity contribution < 1.29 is 4.79 Å². The largest absolute Gasteiger partial charge is 0.325 e. The zero-order valence-corrected chi connectivity index (χ0v) is 11.0. The van der Waals surface area contributed by atoms with Gasteiger partial charge in [0.15, 0.2) is 0 Å². The second kappa shape index (κ2) is 4.18. The number of rotatable bonds is 2. The van der Waals surface area contributed by atoms with Crippen LogP contribution < -0.4 is 11.1 Å². The Hall–Kier alpha value is -0.870. The second-order valence-corrected chi connectivity index (χ2v) is 5.10. The molecule has 2 rings (SSSR count). The van der Waals surface area contributed by atoms with E-state index in [1.165, 1.54) is 0 Å². The zero-order valence-electron chi connectivity index (χ0n) is 9.38. The Kier molecular flexibility index (Phi) is 3.04. The van der Waals surface area contributed by atoms with Gasteiger partial charge in [0.25, 0.3) is 0 Å². The first-order valence-electron chi connectivity index (χ1n) is 5.44. The first-order valence-corrected chi connectivity index (χ1v) is 6.23. The molecular weight excluding hydrogens is 268 g/mol. The number of nitrogens with two attached hydrogens (primary N) is 1.